The molecule has 1 amide bonds. The van der Waals surface area contributed by atoms with E-state index in [1.807, 2.05) is 0 Å². The van der Waals surface area contributed by atoms with Gasteiger partial charge in [-0.25, -0.2) is 9.97 Å². The highest BCUT2D eigenvalue weighted by Gasteiger charge is 2.08. The molecule has 0 aliphatic rings. The van der Waals surface area contributed by atoms with Gasteiger partial charge in [0.25, 0.3) is 0 Å². The molecule has 6 nitrogen and oxygen atoms in total. The molecule has 0 radical (unpaired) electrons. The molecule has 0 atom stereocenters. The van der Waals surface area contributed by atoms with Crippen molar-refractivity contribution in [3.63, 3.8) is 0 Å². The smallest absolute Gasteiger partial charge is 0.234 e. The summed E-state index contributed by atoms with van der Waals surface area (Å²) < 4.78 is 5.07. The van der Waals surface area contributed by atoms with Crippen LogP contribution in [0, 0.1) is 0 Å². The van der Waals surface area contributed by atoms with Gasteiger partial charge in [-0.3, -0.25) is 4.79 Å². The van der Waals surface area contributed by atoms with Gasteiger partial charge >= 0.3 is 0 Å². The molecule has 0 aliphatic heterocycles. The third-order valence-electron chi connectivity index (χ3n) is 3.00. The number of carbonyl (C=O) groups is 1. The van der Waals surface area contributed by atoms with Crippen LogP contribution in [-0.4, -0.2) is 33.7 Å². The fourth-order valence-electron chi connectivity index (χ4n) is 1.93. The van der Waals surface area contributed by atoms with Crippen molar-refractivity contribution < 1.29 is 9.53 Å². The van der Waals surface area contributed by atoms with Gasteiger partial charge in [-0.2, -0.15) is 0 Å². The SMILES string of the molecule is COc1ccc(NC(=O)CSc2nc3ncc(Cl)cc3[nH]2)cc1. The van der Waals surface area contributed by atoms with Gasteiger partial charge in [0, 0.05) is 11.9 Å². The summed E-state index contributed by atoms with van der Waals surface area (Å²) in [7, 11) is 1.60. The number of H-pyrrole nitrogens is 1. The van der Waals surface area contributed by atoms with Crippen LogP contribution >= 0.6 is 23.4 Å². The first-order chi connectivity index (χ1) is 11.1. The predicted octanol–water partition coefficient (Wildman–Crippen LogP) is 3.35. The van der Waals surface area contributed by atoms with E-state index < -0.39 is 0 Å². The molecule has 2 aromatic heterocycles. The summed E-state index contributed by atoms with van der Waals surface area (Å²) >= 11 is 7.18. The Bertz CT molecular complexity index is 835. The van der Waals surface area contributed by atoms with E-state index in [0.29, 0.717) is 15.8 Å². The summed E-state index contributed by atoms with van der Waals surface area (Å²) in [5.74, 6) is 0.858. The zero-order valence-electron chi connectivity index (χ0n) is 12.2. The van der Waals surface area contributed by atoms with Crippen LogP contribution in [-0.2, 0) is 4.79 Å². The number of halogens is 1. The fraction of sp³-hybridized carbons (Fsp3) is 0.133. The number of aromatic amines is 1. The normalized spacial score (nSPS) is 10.7. The molecule has 2 N–H and O–H groups in total. The molecule has 0 fully saturated rings. The quantitative estimate of drug-likeness (QED) is 0.691. The Balaban J connectivity index is 1.58. The van der Waals surface area contributed by atoms with Crippen molar-refractivity contribution in [1.82, 2.24) is 15.0 Å². The molecular formula is C15H13ClN4O2S. The second-order valence-electron chi connectivity index (χ2n) is 4.63. The van der Waals surface area contributed by atoms with Gasteiger partial charge in [0.05, 0.1) is 23.4 Å². The number of imidazole rings is 1. The van der Waals surface area contributed by atoms with Crippen LogP contribution in [0.2, 0.25) is 5.02 Å². The molecule has 0 saturated carbocycles. The second kappa shape index (κ2) is 6.89. The van der Waals surface area contributed by atoms with E-state index in [1.165, 1.54) is 18.0 Å². The van der Waals surface area contributed by atoms with E-state index in [1.54, 1.807) is 37.4 Å². The van der Waals surface area contributed by atoms with Crippen molar-refractivity contribution in [1.29, 1.82) is 0 Å². The molecule has 8 heteroatoms. The van der Waals surface area contributed by atoms with Gasteiger partial charge < -0.3 is 15.0 Å². The van der Waals surface area contributed by atoms with Crippen molar-refractivity contribution in [2.45, 2.75) is 5.16 Å². The predicted molar refractivity (Wildman–Crippen MR) is 91.2 cm³/mol. The average Bonchev–Trinajstić information content (AvgIpc) is 2.95. The highest BCUT2D eigenvalue weighted by molar-refractivity contribution is 7.99. The van der Waals surface area contributed by atoms with E-state index in [0.717, 1.165) is 17.0 Å². The fourth-order valence-corrected chi connectivity index (χ4v) is 2.76. The van der Waals surface area contributed by atoms with Gasteiger partial charge in [-0.15, -0.1) is 0 Å². The molecule has 3 rings (SSSR count). The highest BCUT2D eigenvalue weighted by atomic mass is 35.5. The van der Waals surface area contributed by atoms with E-state index in [2.05, 4.69) is 20.3 Å². The zero-order chi connectivity index (χ0) is 16.2. The number of ether oxygens (including phenoxy) is 1. The number of rotatable bonds is 5. The van der Waals surface area contributed by atoms with Crippen LogP contribution in [0.15, 0.2) is 41.7 Å². The topological polar surface area (TPSA) is 79.9 Å². The van der Waals surface area contributed by atoms with Gasteiger partial charge in [0.1, 0.15) is 5.75 Å². The third-order valence-corrected chi connectivity index (χ3v) is 4.08. The maximum atomic E-state index is 12.0. The van der Waals surface area contributed by atoms with E-state index in [4.69, 9.17) is 16.3 Å². The summed E-state index contributed by atoms with van der Waals surface area (Å²) in [5, 5.41) is 3.97. The van der Waals surface area contributed by atoms with Crippen LogP contribution in [0.5, 0.6) is 5.75 Å². The van der Waals surface area contributed by atoms with Gasteiger partial charge in [-0.05, 0) is 30.3 Å². The first-order valence-electron chi connectivity index (χ1n) is 6.72. The Morgan fingerprint density at radius 3 is 2.91 bits per heavy atom. The molecule has 1 aromatic carbocycles. The van der Waals surface area contributed by atoms with Crippen LogP contribution in [0.25, 0.3) is 11.2 Å². The number of nitrogens with zero attached hydrogens (tertiary/aromatic N) is 2. The van der Waals surface area contributed by atoms with E-state index >= 15 is 0 Å². The Morgan fingerprint density at radius 2 is 2.17 bits per heavy atom. The lowest BCUT2D eigenvalue weighted by atomic mass is 10.3. The van der Waals surface area contributed by atoms with Crippen LogP contribution in [0.3, 0.4) is 0 Å². The molecule has 0 aliphatic carbocycles. The largest absolute Gasteiger partial charge is 0.497 e. The molecule has 23 heavy (non-hydrogen) atoms. The first-order valence-corrected chi connectivity index (χ1v) is 8.08. The second-order valence-corrected chi connectivity index (χ2v) is 6.03. The summed E-state index contributed by atoms with van der Waals surface area (Å²) in [5.41, 5.74) is 2.04. The average molecular weight is 349 g/mol. The first kappa shape index (κ1) is 15.6. The summed E-state index contributed by atoms with van der Waals surface area (Å²) in [6, 6.07) is 8.90. The molecule has 118 valence electrons. The van der Waals surface area contributed by atoms with Crippen molar-refractivity contribution in [2.75, 3.05) is 18.2 Å². The number of aromatic nitrogens is 3. The van der Waals surface area contributed by atoms with Gasteiger partial charge in [-0.1, -0.05) is 23.4 Å². The zero-order valence-corrected chi connectivity index (χ0v) is 13.7. The molecule has 3 aromatic rings. The molecule has 0 bridgehead atoms. The summed E-state index contributed by atoms with van der Waals surface area (Å²) in [6.45, 7) is 0. The number of hydrogen-bond donors (Lipinski definition) is 2. The standard InChI is InChI=1S/C15H13ClN4O2S/c1-22-11-4-2-10(3-5-11)18-13(21)8-23-15-19-12-6-9(16)7-17-14(12)20-15/h2-7H,8H2,1H3,(H,18,21)(H,17,19,20). The Hall–Kier alpha value is -2.25. The highest BCUT2D eigenvalue weighted by Crippen LogP contribution is 2.21. The molecule has 2 heterocycles. The maximum absolute atomic E-state index is 12.0. The lowest BCUT2D eigenvalue weighted by molar-refractivity contribution is -0.113. The number of thioether (sulfide) groups is 1. The van der Waals surface area contributed by atoms with Gasteiger partial charge in [0.15, 0.2) is 10.8 Å². The molecule has 0 spiro atoms. The lowest BCUT2D eigenvalue weighted by Crippen LogP contribution is -2.14. The molecular weight excluding hydrogens is 336 g/mol. The number of nitrogens with one attached hydrogen (secondary N) is 2. The number of carbonyl (C=O) groups excluding carboxylic acids is 1. The Labute approximate surface area is 141 Å². The third kappa shape index (κ3) is 3.94. The molecule has 0 unspecified atom stereocenters. The number of methoxy groups -OCH3 is 1. The number of benzene rings is 1. The van der Waals surface area contributed by atoms with Crippen LogP contribution in [0.4, 0.5) is 5.69 Å². The van der Waals surface area contributed by atoms with Crippen molar-refractivity contribution in [3.05, 3.63) is 41.6 Å². The lowest BCUT2D eigenvalue weighted by Gasteiger charge is -2.05. The Morgan fingerprint density at radius 1 is 1.39 bits per heavy atom. The van der Waals surface area contributed by atoms with Gasteiger partial charge in [0.2, 0.25) is 5.91 Å². The minimum absolute atomic E-state index is 0.119. The Kier molecular flexibility index (Phi) is 4.68. The van der Waals surface area contributed by atoms with E-state index in [9.17, 15) is 4.79 Å². The summed E-state index contributed by atoms with van der Waals surface area (Å²) in [4.78, 5) is 23.5. The number of hydrogen-bond acceptors (Lipinski definition) is 5. The number of amides is 1. The number of anilines is 1. The van der Waals surface area contributed by atoms with Crippen molar-refractivity contribution in [2.24, 2.45) is 0 Å². The maximum Gasteiger partial charge on any atom is 0.234 e. The van der Waals surface area contributed by atoms with Crippen molar-refractivity contribution in [3.8, 4) is 5.75 Å². The van der Waals surface area contributed by atoms with Crippen LogP contribution < -0.4 is 10.1 Å². The molecule has 0 saturated heterocycles. The minimum Gasteiger partial charge on any atom is -0.497 e. The van der Waals surface area contributed by atoms with E-state index in [-0.39, 0.29) is 11.7 Å². The number of pyridine rings is 1. The minimum atomic E-state index is -0.119. The van der Waals surface area contributed by atoms with Crippen LogP contribution in [0.1, 0.15) is 0 Å². The van der Waals surface area contributed by atoms with Crippen molar-refractivity contribution >= 4 is 46.1 Å². The summed E-state index contributed by atoms with van der Waals surface area (Å²) in [6.07, 6.45) is 1.54. The number of fused-ring (bicyclic) bond motifs is 1. The monoisotopic (exact) mass is 348 g/mol.